The van der Waals surface area contributed by atoms with Crippen LogP contribution in [0.2, 0.25) is 0 Å². The zero-order valence-electron chi connectivity index (χ0n) is 16.3. The predicted molar refractivity (Wildman–Crippen MR) is 110 cm³/mol. The molecule has 0 spiro atoms. The van der Waals surface area contributed by atoms with Crippen LogP contribution >= 0.6 is 0 Å². The van der Waals surface area contributed by atoms with Gasteiger partial charge < -0.3 is 15.5 Å². The normalized spacial score (nSPS) is 25.3. The third-order valence-electron chi connectivity index (χ3n) is 5.48. The summed E-state index contributed by atoms with van der Waals surface area (Å²) in [5, 5.41) is 11.6. The maximum atomic E-state index is 4.69. The van der Waals surface area contributed by atoms with Gasteiger partial charge in [-0.15, -0.1) is 0 Å². The van der Waals surface area contributed by atoms with Crippen molar-refractivity contribution < 1.29 is 0 Å². The number of guanidine groups is 1. The van der Waals surface area contributed by atoms with Crippen LogP contribution in [-0.2, 0) is 7.05 Å². The summed E-state index contributed by atoms with van der Waals surface area (Å²) in [6.07, 6.45) is 7.59. The Balaban J connectivity index is 1.34. The summed E-state index contributed by atoms with van der Waals surface area (Å²) < 4.78 is 1.87. The van der Waals surface area contributed by atoms with Crippen LogP contribution in [0.1, 0.15) is 37.7 Å². The van der Waals surface area contributed by atoms with Gasteiger partial charge >= 0.3 is 0 Å². The van der Waals surface area contributed by atoms with Crippen molar-refractivity contribution in [2.75, 3.05) is 24.5 Å². The first-order valence-corrected chi connectivity index (χ1v) is 10.1. The minimum absolute atomic E-state index is 0.408. The zero-order valence-corrected chi connectivity index (χ0v) is 16.3. The second-order valence-corrected chi connectivity index (χ2v) is 7.63. The fraction of sp³-hybridized carbons (Fsp3) is 0.524. The monoisotopic (exact) mass is 366 g/mol. The lowest BCUT2D eigenvalue weighted by Crippen LogP contribution is -2.51. The number of aryl methyl sites for hydroxylation is 1. The van der Waals surface area contributed by atoms with E-state index in [1.165, 1.54) is 30.5 Å². The Morgan fingerprint density at radius 3 is 2.85 bits per heavy atom. The third kappa shape index (κ3) is 4.43. The standard InChI is InChI=1S/C21H30N6/c1-3-22-21(25-20-12-19(20)16-8-5-4-6-9-16)24-17-10-7-11-27(14-17)18-13-23-26(2)15-18/h4-6,8-9,13,15,17,19-20H,3,7,10-12,14H2,1-2H3,(H2,22,24,25). The van der Waals surface area contributed by atoms with Crippen LogP contribution in [0.25, 0.3) is 0 Å². The first-order valence-electron chi connectivity index (χ1n) is 10.1. The van der Waals surface area contributed by atoms with Gasteiger partial charge in [-0.05, 0) is 31.7 Å². The lowest BCUT2D eigenvalue weighted by Gasteiger charge is -2.34. The first-order chi connectivity index (χ1) is 13.2. The van der Waals surface area contributed by atoms with Gasteiger partial charge in [0.05, 0.1) is 11.9 Å². The van der Waals surface area contributed by atoms with Gasteiger partial charge in [0.1, 0.15) is 0 Å². The summed E-state index contributed by atoms with van der Waals surface area (Å²) in [6, 6.07) is 11.7. The van der Waals surface area contributed by atoms with E-state index in [-0.39, 0.29) is 0 Å². The van der Waals surface area contributed by atoms with Crippen molar-refractivity contribution in [3.63, 3.8) is 0 Å². The Morgan fingerprint density at radius 1 is 1.26 bits per heavy atom. The number of hydrogen-bond donors (Lipinski definition) is 2. The van der Waals surface area contributed by atoms with Gasteiger partial charge in [0.15, 0.2) is 5.96 Å². The van der Waals surface area contributed by atoms with Crippen LogP contribution in [0.5, 0.6) is 0 Å². The molecule has 0 bridgehead atoms. The first kappa shape index (κ1) is 17.9. The van der Waals surface area contributed by atoms with Crippen molar-refractivity contribution in [1.82, 2.24) is 20.4 Å². The highest BCUT2D eigenvalue weighted by molar-refractivity contribution is 5.81. The second-order valence-electron chi connectivity index (χ2n) is 7.63. The van der Waals surface area contributed by atoms with E-state index in [4.69, 9.17) is 0 Å². The number of hydrogen-bond acceptors (Lipinski definition) is 3. The molecule has 2 aromatic rings. The van der Waals surface area contributed by atoms with Crippen LogP contribution in [0.3, 0.4) is 0 Å². The van der Waals surface area contributed by atoms with Gasteiger partial charge in [0, 0.05) is 50.9 Å². The molecule has 0 amide bonds. The summed E-state index contributed by atoms with van der Waals surface area (Å²) in [5.74, 6) is 1.56. The molecule has 2 fully saturated rings. The molecule has 1 aliphatic carbocycles. The number of aromatic nitrogens is 2. The molecule has 1 saturated heterocycles. The van der Waals surface area contributed by atoms with Gasteiger partial charge in [0.2, 0.25) is 0 Å². The minimum Gasteiger partial charge on any atom is -0.367 e. The van der Waals surface area contributed by atoms with Crippen LogP contribution in [0.15, 0.2) is 47.7 Å². The largest absolute Gasteiger partial charge is 0.367 e. The van der Waals surface area contributed by atoms with Gasteiger partial charge in [-0.2, -0.15) is 5.10 Å². The summed E-state index contributed by atoms with van der Waals surface area (Å²) in [7, 11) is 1.97. The highest BCUT2D eigenvalue weighted by atomic mass is 15.3. The summed E-state index contributed by atoms with van der Waals surface area (Å²) in [6.45, 7) is 4.96. The highest BCUT2D eigenvalue weighted by Crippen LogP contribution is 2.40. The number of aliphatic imine (C=N–C) groups is 1. The van der Waals surface area contributed by atoms with Crippen LogP contribution in [0, 0.1) is 0 Å². The van der Waals surface area contributed by atoms with Crippen molar-refractivity contribution >= 4 is 11.6 Å². The van der Waals surface area contributed by atoms with E-state index in [0.717, 1.165) is 25.6 Å². The molecular weight excluding hydrogens is 336 g/mol. The number of nitrogens with one attached hydrogen (secondary N) is 2. The molecular formula is C21H30N6. The summed E-state index contributed by atoms with van der Waals surface area (Å²) >= 11 is 0. The Morgan fingerprint density at radius 2 is 2.11 bits per heavy atom. The number of anilines is 1. The molecule has 6 heteroatoms. The quantitative estimate of drug-likeness (QED) is 0.631. The Hall–Kier alpha value is -2.50. The van der Waals surface area contributed by atoms with E-state index in [9.17, 15) is 0 Å². The van der Waals surface area contributed by atoms with Crippen LogP contribution < -0.4 is 15.5 Å². The number of nitrogens with zero attached hydrogens (tertiary/aromatic N) is 4. The molecule has 3 atom stereocenters. The fourth-order valence-electron chi connectivity index (χ4n) is 3.98. The van der Waals surface area contributed by atoms with Gasteiger partial charge in [-0.25, -0.2) is 0 Å². The molecule has 3 unspecified atom stereocenters. The fourth-order valence-corrected chi connectivity index (χ4v) is 3.98. The number of rotatable bonds is 5. The number of piperidine rings is 1. The van der Waals surface area contributed by atoms with Crippen molar-refractivity contribution in [2.24, 2.45) is 12.0 Å². The third-order valence-corrected chi connectivity index (χ3v) is 5.48. The lowest BCUT2D eigenvalue weighted by atomic mass is 10.1. The second kappa shape index (κ2) is 8.03. The minimum atomic E-state index is 0.408. The maximum absolute atomic E-state index is 4.69. The Kier molecular flexibility index (Phi) is 5.32. The van der Waals surface area contributed by atoms with E-state index in [1.54, 1.807) is 0 Å². The van der Waals surface area contributed by atoms with Crippen molar-refractivity contribution in [3.05, 3.63) is 48.3 Å². The topological polar surface area (TPSA) is 57.5 Å². The molecule has 1 saturated carbocycles. The smallest absolute Gasteiger partial charge is 0.191 e. The van der Waals surface area contributed by atoms with E-state index < -0.39 is 0 Å². The molecule has 2 heterocycles. The summed E-state index contributed by atoms with van der Waals surface area (Å²) in [4.78, 5) is 7.11. The maximum Gasteiger partial charge on any atom is 0.191 e. The molecule has 2 aliphatic rings. The van der Waals surface area contributed by atoms with E-state index in [0.29, 0.717) is 18.0 Å². The van der Waals surface area contributed by atoms with Gasteiger partial charge in [-0.1, -0.05) is 30.3 Å². The molecule has 1 aromatic carbocycles. The summed E-state index contributed by atoms with van der Waals surface area (Å²) in [5.41, 5.74) is 2.63. The number of benzene rings is 1. The van der Waals surface area contributed by atoms with E-state index in [2.05, 4.69) is 69.1 Å². The zero-order chi connectivity index (χ0) is 18.6. The predicted octanol–water partition coefficient (Wildman–Crippen LogP) is 2.50. The van der Waals surface area contributed by atoms with Crippen molar-refractivity contribution in [1.29, 1.82) is 0 Å². The van der Waals surface area contributed by atoms with Crippen molar-refractivity contribution in [3.8, 4) is 0 Å². The Bertz CT molecular complexity index is 768. The molecule has 1 aliphatic heterocycles. The average molecular weight is 367 g/mol. The molecule has 0 radical (unpaired) electrons. The lowest BCUT2D eigenvalue weighted by molar-refractivity contribution is 0.467. The van der Waals surface area contributed by atoms with Gasteiger partial charge in [0.25, 0.3) is 0 Å². The van der Waals surface area contributed by atoms with Crippen LogP contribution in [-0.4, -0.2) is 47.5 Å². The Labute approximate surface area is 161 Å². The van der Waals surface area contributed by atoms with E-state index in [1.807, 2.05) is 17.9 Å². The molecule has 27 heavy (non-hydrogen) atoms. The van der Waals surface area contributed by atoms with Crippen molar-refractivity contribution in [2.45, 2.75) is 44.2 Å². The SMILES string of the molecule is CCN=C(NC1CCCN(c2cnn(C)c2)C1)NC1CC1c1ccccc1. The average Bonchev–Trinajstić information content (AvgIpc) is 3.32. The van der Waals surface area contributed by atoms with Crippen LogP contribution in [0.4, 0.5) is 5.69 Å². The van der Waals surface area contributed by atoms with Gasteiger partial charge in [-0.3, -0.25) is 9.67 Å². The molecule has 144 valence electrons. The van der Waals surface area contributed by atoms with E-state index >= 15 is 0 Å². The highest BCUT2D eigenvalue weighted by Gasteiger charge is 2.39. The molecule has 1 aromatic heterocycles. The molecule has 4 rings (SSSR count). The molecule has 6 nitrogen and oxygen atoms in total. The molecule has 2 N–H and O–H groups in total.